The van der Waals surface area contributed by atoms with E-state index in [1.807, 2.05) is 6.92 Å². The first-order valence-electron chi connectivity index (χ1n) is 5.28. The minimum atomic E-state index is -0.0802. The molecule has 0 radical (unpaired) electrons. The second-order valence-corrected chi connectivity index (χ2v) is 3.30. The van der Waals surface area contributed by atoms with Crippen LogP contribution in [0.25, 0.3) is 0 Å². The SMILES string of the molecule is CCOCCN(CC)[C@@H]1CCOC1=O. The maximum Gasteiger partial charge on any atom is 0.323 e. The molecule has 0 amide bonds. The third-order valence-corrected chi connectivity index (χ3v) is 2.48. The van der Waals surface area contributed by atoms with E-state index in [2.05, 4.69) is 11.8 Å². The van der Waals surface area contributed by atoms with Gasteiger partial charge in [0, 0.05) is 19.6 Å². The predicted octanol–water partition coefficient (Wildman–Crippen LogP) is 0.660. The van der Waals surface area contributed by atoms with E-state index in [0.717, 1.165) is 26.1 Å². The van der Waals surface area contributed by atoms with E-state index in [1.54, 1.807) is 0 Å². The average molecular weight is 201 g/mol. The second kappa shape index (κ2) is 5.98. The number of hydrogen-bond donors (Lipinski definition) is 0. The fourth-order valence-electron chi connectivity index (χ4n) is 1.68. The van der Waals surface area contributed by atoms with Crippen molar-refractivity contribution in [3.63, 3.8) is 0 Å². The minimum absolute atomic E-state index is 0.0412. The van der Waals surface area contributed by atoms with Gasteiger partial charge in [-0.3, -0.25) is 9.69 Å². The van der Waals surface area contributed by atoms with Gasteiger partial charge in [-0.2, -0.15) is 0 Å². The van der Waals surface area contributed by atoms with Crippen LogP contribution in [0.3, 0.4) is 0 Å². The number of rotatable bonds is 6. The Kier molecular flexibility index (Phi) is 4.90. The Morgan fingerprint density at radius 3 is 2.86 bits per heavy atom. The maximum atomic E-state index is 11.3. The molecule has 0 spiro atoms. The highest BCUT2D eigenvalue weighted by molar-refractivity contribution is 5.77. The molecule has 0 aromatic carbocycles. The smallest absolute Gasteiger partial charge is 0.323 e. The molecule has 4 nitrogen and oxygen atoms in total. The lowest BCUT2D eigenvalue weighted by Crippen LogP contribution is -2.40. The zero-order chi connectivity index (χ0) is 10.4. The van der Waals surface area contributed by atoms with Crippen molar-refractivity contribution < 1.29 is 14.3 Å². The van der Waals surface area contributed by atoms with Crippen molar-refractivity contribution in [1.29, 1.82) is 0 Å². The molecule has 0 aromatic heterocycles. The second-order valence-electron chi connectivity index (χ2n) is 3.30. The lowest BCUT2D eigenvalue weighted by molar-refractivity contribution is -0.142. The van der Waals surface area contributed by atoms with Crippen LogP contribution in [-0.2, 0) is 14.3 Å². The molecule has 82 valence electrons. The van der Waals surface area contributed by atoms with Crippen molar-refractivity contribution >= 4 is 5.97 Å². The number of nitrogens with zero attached hydrogens (tertiary/aromatic N) is 1. The summed E-state index contributed by atoms with van der Waals surface area (Å²) < 4.78 is 10.2. The molecule has 1 atom stereocenters. The summed E-state index contributed by atoms with van der Waals surface area (Å²) in [5, 5.41) is 0. The van der Waals surface area contributed by atoms with E-state index >= 15 is 0 Å². The summed E-state index contributed by atoms with van der Waals surface area (Å²) in [7, 11) is 0. The zero-order valence-electron chi connectivity index (χ0n) is 8.99. The summed E-state index contributed by atoms with van der Waals surface area (Å²) >= 11 is 0. The van der Waals surface area contributed by atoms with Gasteiger partial charge in [0.2, 0.25) is 0 Å². The summed E-state index contributed by atoms with van der Waals surface area (Å²) in [4.78, 5) is 13.4. The molecule has 1 rings (SSSR count). The maximum absolute atomic E-state index is 11.3. The van der Waals surface area contributed by atoms with Crippen molar-refractivity contribution in [3.8, 4) is 0 Å². The van der Waals surface area contributed by atoms with Gasteiger partial charge in [0.05, 0.1) is 13.2 Å². The highest BCUT2D eigenvalue weighted by Gasteiger charge is 2.30. The largest absolute Gasteiger partial charge is 0.464 e. The topological polar surface area (TPSA) is 38.8 Å². The van der Waals surface area contributed by atoms with Crippen LogP contribution in [0.1, 0.15) is 20.3 Å². The molecule has 1 saturated heterocycles. The third-order valence-electron chi connectivity index (χ3n) is 2.48. The molecule has 1 heterocycles. The highest BCUT2D eigenvalue weighted by atomic mass is 16.5. The Morgan fingerprint density at radius 1 is 1.57 bits per heavy atom. The number of likely N-dealkylation sites (N-methyl/N-ethyl adjacent to an activating group) is 1. The molecule has 0 bridgehead atoms. The number of carbonyl (C=O) groups excluding carboxylic acids is 1. The van der Waals surface area contributed by atoms with Crippen LogP contribution in [0.4, 0.5) is 0 Å². The average Bonchev–Trinajstić information content (AvgIpc) is 2.60. The van der Waals surface area contributed by atoms with Crippen LogP contribution in [-0.4, -0.2) is 49.8 Å². The molecule has 0 saturated carbocycles. The summed E-state index contributed by atoms with van der Waals surface area (Å²) in [6.07, 6.45) is 0.818. The van der Waals surface area contributed by atoms with Crippen LogP contribution in [0.15, 0.2) is 0 Å². The molecule has 0 N–H and O–H groups in total. The van der Waals surface area contributed by atoms with Gasteiger partial charge in [0.15, 0.2) is 0 Å². The summed E-state index contributed by atoms with van der Waals surface area (Å²) in [6, 6.07) is -0.0412. The van der Waals surface area contributed by atoms with E-state index in [0.29, 0.717) is 13.2 Å². The van der Waals surface area contributed by atoms with Crippen LogP contribution in [0, 0.1) is 0 Å². The molecule has 1 aliphatic rings. The zero-order valence-corrected chi connectivity index (χ0v) is 8.99. The molecular formula is C10H19NO3. The van der Waals surface area contributed by atoms with Crippen molar-refractivity contribution in [2.45, 2.75) is 26.3 Å². The van der Waals surface area contributed by atoms with Gasteiger partial charge in [-0.25, -0.2) is 0 Å². The summed E-state index contributed by atoms with van der Waals surface area (Å²) in [5.41, 5.74) is 0. The Bertz CT molecular complexity index is 184. The quantitative estimate of drug-likeness (QED) is 0.467. The first kappa shape index (κ1) is 11.5. The van der Waals surface area contributed by atoms with Crippen molar-refractivity contribution in [2.75, 3.05) is 32.9 Å². The van der Waals surface area contributed by atoms with Crippen LogP contribution < -0.4 is 0 Å². The fraction of sp³-hybridized carbons (Fsp3) is 0.900. The van der Waals surface area contributed by atoms with Gasteiger partial charge in [-0.15, -0.1) is 0 Å². The lowest BCUT2D eigenvalue weighted by atomic mass is 10.2. The molecule has 0 unspecified atom stereocenters. The Morgan fingerprint density at radius 2 is 2.36 bits per heavy atom. The van der Waals surface area contributed by atoms with Gasteiger partial charge in [-0.1, -0.05) is 6.92 Å². The monoisotopic (exact) mass is 201 g/mol. The standard InChI is InChI=1S/C10H19NO3/c1-3-11(6-8-13-4-2)9-5-7-14-10(9)12/h9H,3-8H2,1-2H3/t9-/m1/s1. The van der Waals surface area contributed by atoms with Gasteiger partial charge < -0.3 is 9.47 Å². The highest BCUT2D eigenvalue weighted by Crippen LogP contribution is 2.13. The van der Waals surface area contributed by atoms with E-state index < -0.39 is 0 Å². The van der Waals surface area contributed by atoms with Crippen molar-refractivity contribution in [3.05, 3.63) is 0 Å². The predicted molar refractivity (Wildman–Crippen MR) is 53.1 cm³/mol. The Labute approximate surface area is 85.2 Å². The number of carbonyl (C=O) groups is 1. The fourth-order valence-corrected chi connectivity index (χ4v) is 1.68. The lowest BCUT2D eigenvalue weighted by Gasteiger charge is -2.23. The molecule has 1 fully saturated rings. The van der Waals surface area contributed by atoms with Crippen LogP contribution in [0.5, 0.6) is 0 Å². The van der Waals surface area contributed by atoms with Crippen molar-refractivity contribution in [2.24, 2.45) is 0 Å². The van der Waals surface area contributed by atoms with Gasteiger partial charge >= 0.3 is 5.97 Å². The van der Waals surface area contributed by atoms with Gasteiger partial charge in [-0.05, 0) is 13.5 Å². The molecule has 0 aromatic rings. The van der Waals surface area contributed by atoms with Crippen LogP contribution >= 0.6 is 0 Å². The molecule has 0 aliphatic carbocycles. The number of hydrogen-bond acceptors (Lipinski definition) is 4. The first-order valence-corrected chi connectivity index (χ1v) is 5.28. The van der Waals surface area contributed by atoms with Crippen molar-refractivity contribution in [1.82, 2.24) is 4.90 Å². The molecule has 14 heavy (non-hydrogen) atoms. The van der Waals surface area contributed by atoms with E-state index in [1.165, 1.54) is 0 Å². The van der Waals surface area contributed by atoms with Crippen LogP contribution in [0.2, 0.25) is 0 Å². The molecule has 4 heteroatoms. The normalized spacial score (nSPS) is 21.6. The first-order chi connectivity index (χ1) is 6.79. The summed E-state index contributed by atoms with van der Waals surface area (Å²) in [5.74, 6) is -0.0802. The Hall–Kier alpha value is -0.610. The van der Waals surface area contributed by atoms with E-state index in [4.69, 9.17) is 9.47 Å². The third kappa shape index (κ3) is 2.96. The minimum Gasteiger partial charge on any atom is -0.464 e. The van der Waals surface area contributed by atoms with E-state index in [9.17, 15) is 4.79 Å². The van der Waals surface area contributed by atoms with Gasteiger partial charge in [0.25, 0.3) is 0 Å². The molecule has 1 aliphatic heterocycles. The summed E-state index contributed by atoms with van der Waals surface area (Å²) in [6.45, 7) is 7.68. The number of ether oxygens (including phenoxy) is 2. The number of esters is 1. The number of cyclic esters (lactones) is 1. The molecular weight excluding hydrogens is 182 g/mol. The Balaban J connectivity index is 2.32. The van der Waals surface area contributed by atoms with Gasteiger partial charge in [0.1, 0.15) is 6.04 Å². The van der Waals surface area contributed by atoms with E-state index in [-0.39, 0.29) is 12.0 Å².